The van der Waals surface area contributed by atoms with Crippen LogP contribution in [0.2, 0.25) is 0 Å². The van der Waals surface area contributed by atoms with E-state index in [9.17, 15) is 4.79 Å². The summed E-state index contributed by atoms with van der Waals surface area (Å²) in [6.07, 6.45) is 1.69. The van der Waals surface area contributed by atoms with Gasteiger partial charge in [-0.1, -0.05) is 12.1 Å². The fraction of sp³-hybridized carbons (Fsp3) is 0.278. The highest BCUT2D eigenvalue weighted by atomic mass is 16.7. The minimum atomic E-state index is -0.882. The van der Waals surface area contributed by atoms with Gasteiger partial charge in [-0.2, -0.15) is 0 Å². The van der Waals surface area contributed by atoms with Gasteiger partial charge in [-0.05, 0) is 42.3 Å². The summed E-state index contributed by atoms with van der Waals surface area (Å²) in [5.41, 5.74) is 1.72. The molecule has 4 nitrogen and oxygen atoms in total. The number of ether oxygens (including phenoxy) is 3. The van der Waals surface area contributed by atoms with Crippen molar-refractivity contribution in [3.05, 3.63) is 53.6 Å². The third kappa shape index (κ3) is 2.03. The van der Waals surface area contributed by atoms with Gasteiger partial charge >= 0.3 is 0 Å². The lowest BCUT2D eigenvalue weighted by atomic mass is 9.91. The Morgan fingerprint density at radius 1 is 1.09 bits per heavy atom. The predicted octanol–water partition coefficient (Wildman–Crippen LogP) is 3.38. The molecule has 2 aliphatic rings. The number of hydrogen-bond acceptors (Lipinski definition) is 4. The highest BCUT2D eigenvalue weighted by Gasteiger charge is 2.45. The quantitative estimate of drug-likeness (QED) is 0.809. The van der Waals surface area contributed by atoms with Crippen molar-refractivity contribution in [1.29, 1.82) is 0 Å². The Labute approximate surface area is 128 Å². The number of fused-ring (bicyclic) bond motifs is 2. The zero-order chi connectivity index (χ0) is 15.2. The van der Waals surface area contributed by atoms with E-state index in [4.69, 9.17) is 14.2 Å². The van der Waals surface area contributed by atoms with Crippen molar-refractivity contribution in [2.45, 2.75) is 25.0 Å². The van der Waals surface area contributed by atoms with Crippen molar-refractivity contribution in [3.8, 4) is 17.2 Å². The molecule has 4 heteroatoms. The minimum absolute atomic E-state index is 0.0683. The number of aryl methyl sites for hydroxylation is 1. The number of benzene rings is 2. The lowest BCUT2D eigenvalue weighted by molar-refractivity contribution is -0.129. The Bertz CT molecular complexity index is 753. The van der Waals surface area contributed by atoms with Crippen LogP contribution in [0.5, 0.6) is 17.2 Å². The van der Waals surface area contributed by atoms with Crippen LogP contribution in [0, 0.1) is 0 Å². The van der Waals surface area contributed by atoms with Crippen LogP contribution in [-0.4, -0.2) is 18.7 Å². The van der Waals surface area contributed by atoms with Gasteiger partial charge in [0.15, 0.2) is 5.78 Å². The first-order valence-corrected chi connectivity index (χ1v) is 7.36. The van der Waals surface area contributed by atoms with E-state index < -0.39 is 5.79 Å². The largest absolute Gasteiger partial charge is 0.497 e. The van der Waals surface area contributed by atoms with Crippen LogP contribution in [0.15, 0.2) is 42.5 Å². The van der Waals surface area contributed by atoms with E-state index in [0.717, 1.165) is 23.5 Å². The van der Waals surface area contributed by atoms with Gasteiger partial charge in [-0.25, -0.2) is 0 Å². The molecular formula is C18H16O4. The molecule has 0 saturated carbocycles. The molecule has 2 aliphatic heterocycles. The molecule has 0 amide bonds. The first-order valence-electron chi connectivity index (χ1n) is 7.36. The summed E-state index contributed by atoms with van der Waals surface area (Å²) in [6.45, 7) is 0. The van der Waals surface area contributed by atoms with E-state index in [1.54, 1.807) is 13.2 Å². The van der Waals surface area contributed by atoms with E-state index in [1.165, 1.54) is 0 Å². The number of carbonyl (C=O) groups is 1. The average molecular weight is 296 g/mol. The molecule has 0 aliphatic carbocycles. The third-order valence-electron chi connectivity index (χ3n) is 4.25. The molecule has 4 rings (SSSR count). The van der Waals surface area contributed by atoms with Crippen molar-refractivity contribution in [3.63, 3.8) is 0 Å². The maximum Gasteiger partial charge on any atom is 0.258 e. The molecule has 0 N–H and O–H groups in total. The zero-order valence-electron chi connectivity index (χ0n) is 12.3. The second kappa shape index (κ2) is 4.77. The Hall–Kier alpha value is -2.49. The molecule has 0 saturated heterocycles. The number of para-hydroxylation sites is 1. The smallest absolute Gasteiger partial charge is 0.258 e. The molecule has 1 spiro atoms. The number of hydrogen-bond donors (Lipinski definition) is 0. The lowest BCUT2D eigenvalue weighted by Gasteiger charge is -2.41. The van der Waals surface area contributed by atoms with E-state index >= 15 is 0 Å². The SMILES string of the molecule is COc1ccc2c(c1)CCC1(CC(=O)c3ccccc3O1)O2. The van der Waals surface area contributed by atoms with Gasteiger partial charge in [-0.15, -0.1) is 0 Å². The first kappa shape index (κ1) is 13.2. The second-order valence-corrected chi connectivity index (χ2v) is 5.68. The maximum absolute atomic E-state index is 12.4. The fourth-order valence-corrected chi connectivity index (χ4v) is 3.11. The summed E-state index contributed by atoms with van der Waals surface area (Å²) in [6, 6.07) is 13.0. The van der Waals surface area contributed by atoms with Crippen molar-refractivity contribution in [1.82, 2.24) is 0 Å². The van der Waals surface area contributed by atoms with Crippen molar-refractivity contribution in [2.75, 3.05) is 7.11 Å². The van der Waals surface area contributed by atoms with E-state index in [-0.39, 0.29) is 12.2 Å². The van der Waals surface area contributed by atoms with Crippen LogP contribution < -0.4 is 14.2 Å². The maximum atomic E-state index is 12.4. The van der Waals surface area contributed by atoms with Crippen LogP contribution in [-0.2, 0) is 6.42 Å². The second-order valence-electron chi connectivity index (χ2n) is 5.68. The summed E-state index contributed by atoms with van der Waals surface area (Å²) < 4.78 is 17.4. The molecule has 0 bridgehead atoms. The monoisotopic (exact) mass is 296 g/mol. The Morgan fingerprint density at radius 2 is 1.91 bits per heavy atom. The number of rotatable bonds is 1. The average Bonchev–Trinajstić information content (AvgIpc) is 2.54. The number of Topliss-reactive ketones (excluding diaryl/α,β-unsaturated/α-hetero) is 1. The van der Waals surface area contributed by atoms with Gasteiger partial charge in [0.1, 0.15) is 17.2 Å². The molecule has 0 fully saturated rings. The van der Waals surface area contributed by atoms with Crippen LogP contribution >= 0.6 is 0 Å². The highest BCUT2D eigenvalue weighted by Crippen LogP contribution is 2.42. The number of methoxy groups -OCH3 is 1. The number of ketones is 1. The molecule has 0 aromatic heterocycles. The summed E-state index contributed by atoms with van der Waals surface area (Å²) in [4.78, 5) is 12.4. The molecule has 0 radical (unpaired) electrons. The van der Waals surface area contributed by atoms with E-state index in [0.29, 0.717) is 17.7 Å². The molecular weight excluding hydrogens is 280 g/mol. The third-order valence-corrected chi connectivity index (χ3v) is 4.25. The fourth-order valence-electron chi connectivity index (χ4n) is 3.11. The van der Waals surface area contributed by atoms with Crippen molar-refractivity contribution < 1.29 is 19.0 Å². The summed E-state index contributed by atoms with van der Waals surface area (Å²) in [7, 11) is 1.65. The van der Waals surface area contributed by atoms with Gasteiger partial charge in [0.25, 0.3) is 5.79 Å². The molecule has 2 heterocycles. The molecule has 2 aromatic carbocycles. The molecule has 112 valence electrons. The van der Waals surface area contributed by atoms with Gasteiger partial charge in [0, 0.05) is 6.42 Å². The van der Waals surface area contributed by atoms with Crippen LogP contribution in [0.4, 0.5) is 0 Å². The van der Waals surface area contributed by atoms with Gasteiger partial charge in [-0.3, -0.25) is 4.79 Å². The predicted molar refractivity (Wildman–Crippen MR) is 80.7 cm³/mol. The van der Waals surface area contributed by atoms with Crippen LogP contribution in [0.1, 0.15) is 28.8 Å². The summed E-state index contributed by atoms with van der Waals surface area (Å²) >= 11 is 0. The van der Waals surface area contributed by atoms with E-state index in [1.807, 2.05) is 36.4 Å². The Balaban J connectivity index is 1.68. The molecule has 22 heavy (non-hydrogen) atoms. The van der Waals surface area contributed by atoms with E-state index in [2.05, 4.69) is 0 Å². The zero-order valence-corrected chi connectivity index (χ0v) is 12.3. The highest BCUT2D eigenvalue weighted by molar-refractivity contribution is 6.00. The number of carbonyl (C=O) groups excluding carboxylic acids is 1. The van der Waals surface area contributed by atoms with Crippen LogP contribution in [0.3, 0.4) is 0 Å². The molecule has 1 atom stereocenters. The molecule has 2 aromatic rings. The van der Waals surface area contributed by atoms with Crippen molar-refractivity contribution >= 4 is 5.78 Å². The lowest BCUT2D eigenvalue weighted by Crippen LogP contribution is -2.49. The normalized spacial score (nSPS) is 22.3. The van der Waals surface area contributed by atoms with Crippen molar-refractivity contribution in [2.24, 2.45) is 0 Å². The Morgan fingerprint density at radius 3 is 2.77 bits per heavy atom. The van der Waals surface area contributed by atoms with Crippen LogP contribution in [0.25, 0.3) is 0 Å². The van der Waals surface area contributed by atoms with Gasteiger partial charge in [0.05, 0.1) is 19.1 Å². The Kier molecular flexibility index (Phi) is 2.86. The minimum Gasteiger partial charge on any atom is -0.497 e. The van der Waals surface area contributed by atoms with Gasteiger partial charge in [0.2, 0.25) is 0 Å². The topological polar surface area (TPSA) is 44.8 Å². The standard InChI is InChI=1S/C18H16O4/c1-20-13-6-7-16-12(10-13)8-9-18(21-16)11-15(19)14-4-2-3-5-17(14)22-18/h2-7,10H,8-9,11H2,1H3. The summed E-state index contributed by atoms with van der Waals surface area (Å²) in [5.74, 6) is 1.37. The first-order chi connectivity index (χ1) is 10.7. The molecule has 1 unspecified atom stereocenters. The van der Waals surface area contributed by atoms with Gasteiger partial charge < -0.3 is 14.2 Å². The summed E-state index contributed by atoms with van der Waals surface area (Å²) in [5, 5.41) is 0.